The van der Waals surface area contributed by atoms with Gasteiger partial charge in [0.25, 0.3) is 11.5 Å². The smallest absolute Gasteiger partial charge is 0.258 e. The maximum absolute atomic E-state index is 12.9. The quantitative estimate of drug-likeness (QED) is 0.800. The van der Waals surface area contributed by atoms with Crippen molar-refractivity contribution in [3.63, 3.8) is 0 Å². The number of thiazole rings is 1. The zero-order valence-corrected chi connectivity index (χ0v) is 12.7. The number of carbonyl (C=O) groups is 1. The molecular weight excluding hydrogens is 317 g/mol. The van der Waals surface area contributed by atoms with Crippen LogP contribution in [0.3, 0.4) is 0 Å². The van der Waals surface area contributed by atoms with E-state index in [9.17, 15) is 14.0 Å². The molecule has 0 spiro atoms. The number of amides is 1. The van der Waals surface area contributed by atoms with Crippen LogP contribution in [0.5, 0.6) is 0 Å². The molecule has 1 aromatic carbocycles. The van der Waals surface area contributed by atoms with Crippen LogP contribution in [0.1, 0.15) is 15.9 Å². The average molecular weight is 329 g/mol. The Balaban J connectivity index is 1.82. The number of nitrogens with one attached hydrogen (secondary N) is 1. The van der Waals surface area contributed by atoms with Crippen molar-refractivity contribution in [1.29, 1.82) is 0 Å². The molecule has 3 aromatic rings. The van der Waals surface area contributed by atoms with E-state index in [0.717, 1.165) is 5.56 Å². The first-order chi connectivity index (χ1) is 11.1. The van der Waals surface area contributed by atoms with Crippen molar-refractivity contribution in [2.45, 2.75) is 6.54 Å². The van der Waals surface area contributed by atoms with Gasteiger partial charge in [0.15, 0.2) is 5.13 Å². The number of pyridine rings is 1. The Labute approximate surface area is 135 Å². The number of anilines is 1. The summed E-state index contributed by atoms with van der Waals surface area (Å²) in [7, 11) is 0. The van der Waals surface area contributed by atoms with Gasteiger partial charge in [0.1, 0.15) is 5.82 Å². The first-order valence-electron chi connectivity index (χ1n) is 6.77. The second-order valence-electron chi connectivity index (χ2n) is 4.80. The van der Waals surface area contributed by atoms with Crippen molar-refractivity contribution in [3.05, 3.63) is 81.5 Å². The van der Waals surface area contributed by atoms with Gasteiger partial charge in [-0.2, -0.15) is 0 Å². The molecule has 0 fully saturated rings. The molecule has 0 atom stereocenters. The second-order valence-corrected chi connectivity index (χ2v) is 5.70. The van der Waals surface area contributed by atoms with Gasteiger partial charge in [-0.05, 0) is 23.8 Å². The normalized spacial score (nSPS) is 10.5. The van der Waals surface area contributed by atoms with E-state index in [1.54, 1.807) is 23.7 Å². The van der Waals surface area contributed by atoms with Crippen LogP contribution in [0.25, 0.3) is 0 Å². The molecular formula is C16H12FN3O2S. The molecule has 2 heterocycles. The Morgan fingerprint density at radius 1 is 1.22 bits per heavy atom. The number of hydrogen-bond acceptors (Lipinski definition) is 4. The first kappa shape index (κ1) is 15.1. The Morgan fingerprint density at radius 2 is 2.00 bits per heavy atom. The number of hydrogen-bond donors (Lipinski definition) is 1. The minimum Gasteiger partial charge on any atom is -0.310 e. The van der Waals surface area contributed by atoms with Crippen molar-refractivity contribution in [2.24, 2.45) is 0 Å². The molecule has 3 rings (SSSR count). The summed E-state index contributed by atoms with van der Waals surface area (Å²) in [5.74, 6) is -0.675. The summed E-state index contributed by atoms with van der Waals surface area (Å²) in [5.41, 5.74) is 0.882. The highest BCUT2D eigenvalue weighted by molar-refractivity contribution is 7.13. The van der Waals surface area contributed by atoms with Gasteiger partial charge in [-0.3, -0.25) is 14.9 Å². The maximum atomic E-state index is 12.9. The van der Waals surface area contributed by atoms with E-state index in [1.165, 1.54) is 46.4 Å². The zero-order chi connectivity index (χ0) is 16.2. The van der Waals surface area contributed by atoms with E-state index in [4.69, 9.17) is 0 Å². The van der Waals surface area contributed by atoms with Crippen LogP contribution in [-0.2, 0) is 6.54 Å². The van der Waals surface area contributed by atoms with Crippen LogP contribution in [-0.4, -0.2) is 15.5 Å². The maximum Gasteiger partial charge on any atom is 0.258 e. The van der Waals surface area contributed by atoms with Crippen molar-refractivity contribution >= 4 is 22.4 Å². The lowest BCUT2D eigenvalue weighted by molar-refractivity contribution is 0.102. The summed E-state index contributed by atoms with van der Waals surface area (Å²) >= 11 is 1.31. The van der Waals surface area contributed by atoms with Gasteiger partial charge in [-0.25, -0.2) is 9.37 Å². The molecule has 0 aliphatic carbocycles. The fourth-order valence-corrected chi connectivity index (χ4v) is 2.55. The van der Waals surface area contributed by atoms with Crippen LogP contribution in [0.4, 0.5) is 9.52 Å². The largest absolute Gasteiger partial charge is 0.310 e. The van der Waals surface area contributed by atoms with Gasteiger partial charge in [0, 0.05) is 23.8 Å². The van der Waals surface area contributed by atoms with Gasteiger partial charge in [0.2, 0.25) is 0 Å². The molecule has 0 saturated carbocycles. The van der Waals surface area contributed by atoms with Gasteiger partial charge in [-0.1, -0.05) is 12.1 Å². The Bertz CT molecular complexity index is 873. The monoisotopic (exact) mass is 329 g/mol. The molecule has 0 aliphatic heterocycles. The molecule has 0 radical (unpaired) electrons. The van der Waals surface area contributed by atoms with Crippen molar-refractivity contribution in [2.75, 3.05) is 5.32 Å². The highest BCUT2D eigenvalue weighted by Gasteiger charge is 2.09. The number of aromatic nitrogens is 2. The minimum atomic E-state index is -0.340. The van der Waals surface area contributed by atoms with E-state index in [1.807, 2.05) is 0 Å². The van der Waals surface area contributed by atoms with Gasteiger partial charge < -0.3 is 4.57 Å². The third kappa shape index (κ3) is 3.70. The molecule has 0 saturated heterocycles. The van der Waals surface area contributed by atoms with Crippen LogP contribution in [0, 0.1) is 5.82 Å². The Hall–Kier alpha value is -2.80. The van der Waals surface area contributed by atoms with E-state index in [2.05, 4.69) is 10.3 Å². The molecule has 5 nitrogen and oxygen atoms in total. The first-order valence-corrected chi connectivity index (χ1v) is 7.65. The lowest BCUT2D eigenvalue weighted by Gasteiger charge is -2.08. The predicted molar refractivity (Wildman–Crippen MR) is 86.3 cm³/mol. The number of carbonyl (C=O) groups excluding carboxylic acids is 1. The third-order valence-corrected chi connectivity index (χ3v) is 3.85. The van der Waals surface area contributed by atoms with E-state index < -0.39 is 0 Å². The van der Waals surface area contributed by atoms with Gasteiger partial charge in [-0.15, -0.1) is 11.3 Å². The molecule has 7 heteroatoms. The van der Waals surface area contributed by atoms with Gasteiger partial charge in [0.05, 0.1) is 12.1 Å². The Kier molecular flexibility index (Phi) is 4.29. The highest BCUT2D eigenvalue weighted by Crippen LogP contribution is 2.12. The topological polar surface area (TPSA) is 64.0 Å². The third-order valence-electron chi connectivity index (χ3n) is 3.16. The van der Waals surface area contributed by atoms with Crippen molar-refractivity contribution < 1.29 is 9.18 Å². The fraction of sp³-hybridized carbons (Fsp3) is 0.0625. The Morgan fingerprint density at radius 3 is 2.70 bits per heavy atom. The molecule has 0 bridgehead atoms. The summed E-state index contributed by atoms with van der Waals surface area (Å²) in [6, 6.07) is 8.67. The molecule has 116 valence electrons. The number of benzene rings is 1. The standard InChI is InChI=1S/C16H12FN3O2S/c17-13-4-1-11(2-5-13)9-20-10-12(3-6-14(20)21)15(22)19-16-18-7-8-23-16/h1-8,10H,9H2,(H,18,19,22). The molecule has 1 N–H and O–H groups in total. The predicted octanol–water partition coefficient (Wildman–Crippen LogP) is 2.74. The van der Waals surface area contributed by atoms with Gasteiger partial charge >= 0.3 is 0 Å². The molecule has 2 aromatic heterocycles. The number of nitrogens with zero attached hydrogens (tertiary/aromatic N) is 2. The fourth-order valence-electron chi connectivity index (χ4n) is 2.03. The lowest BCUT2D eigenvalue weighted by atomic mass is 10.2. The summed E-state index contributed by atoms with van der Waals surface area (Å²) in [6.45, 7) is 0.261. The highest BCUT2D eigenvalue weighted by atomic mass is 32.1. The summed E-state index contributed by atoms with van der Waals surface area (Å²) < 4.78 is 14.3. The molecule has 23 heavy (non-hydrogen) atoms. The van der Waals surface area contributed by atoms with Crippen LogP contribution < -0.4 is 10.9 Å². The molecule has 1 amide bonds. The summed E-state index contributed by atoms with van der Waals surface area (Å²) in [5, 5.41) is 4.91. The number of rotatable bonds is 4. The number of halogens is 1. The van der Waals surface area contributed by atoms with Crippen molar-refractivity contribution in [3.8, 4) is 0 Å². The van der Waals surface area contributed by atoms with Crippen LogP contribution in [0.2, 0.25) is 0 Å². The van der Waals surface area contributed by atoms with E-state index >= 15 is 0 Å². The molecule has 0 unspecified atom stereocenters. The average Bonchev–Trinajstić information content (AvgIpc) is 3.04. The lowest BCUT2D eigenvalue weighted by Crippen LogP contribution is -2.22. The van der Waals surface area contributed by atoms with E-state index in [0.29, 0.717) is 10.7 Å². The second kappa shape index (κ2) is 6.53. The van der Waals surface area contributed by atoms with Crippen molar-refractivity contribution in [1.82, 2.24) is 9.55 Å². The minimum absolute atomic E-state index is 0.236. The summed E-state index contributed by atoms with van der Waals surface area (Å²) in [6.07, 6.45) is 3.07. The SMILES string of the molecule is O=C(Nc1nccs1)c1ccc(=O)n(Cc2ccc(F)cc2)c1. The molecule has 0 aliphatic rings. The zero-order valence-electron chi connectivity index (χ0n) is 11.9. The van der Waals surface area contributed by atoms with Crippen LogP contribution >= 0.6 is 11.3 Å². The van der Waals surface area contributed by atoms with E-state index in [-0.39, 0.29) is 23.8 Å². The van der Waals surface area contributed by atoms with Crippen LogP contribution in [0.15, 0.2) is 59.0 Å². The summed E-state index contributed by atoms with van der Waals surface area (Å²) in [4.78, 5) is 28.1.